The average Bonchev–Trinajstić information content (AvgIpc) is 2.32. The summed E-state index contributed by atoms with van der Waals surface area (Å²) in [5, 5.41) is 0. The molecule has 0 aliphatic rings. The van der Waals surface area contributed by atoms with Crippen LogP contribution in [-0.4, -0.2) is 16.6 Å². The van der Waals surface area contributed by atoms with Crippen LogP contribution in [0.5, 0.6) is 0 Å². The molecule has 0 spiro atoms. The van der Waals surface area contributed by atoms with Crippen molar-refractivity contribution in [3.63, 3.8) is 0 Å². The number of ether oxygens (including phenoxy) is 1. The number of H-pyrrole nitrogens is 1. The first-order valence-electron chi connectivity index (χ1n) is 6.42. The van der Waals surface area contributed by atoms with E-state index in [1.54, 1.807) is 0 Å². The third-order valence-corrected chi connectivity index (χ3v) is 3.44. The Morgan fingerprint density at radius 1 is 1.39 bits per heavy atom. The highest BCUT2D eigenvalue weighted by molar-refractivity contribution is 9.10. The quantitative estimate of drug-likeness (QED) is 0.873. The van der Waals surface area contributed by atoms with E-state index >= 15 is 0 Å². The minimum atomic E-state index is -0.135. The van der Waals surface area contributed by atoms with Crippen molar-refractivity contribution in [1.82, 2.24) is 9.97 Å². The number of halogens is 1. The van der Waals surface area contributed by atoms with Crippen LogP contribution in [0.4, 0.5) is 0 Å². The van der Waals surface area contributed by atoms with Crippen molar-refractivity contribution in [2.75, 3.05) is 6.61 Å². The van der Waals surface area contributed by atoms with E-state index in [1.807, 2.05) is 20.8 Å². The molecular formula is C13H21BrN2O2. The molecule has 0 saturated carbocycles. The zero-order valence-electron chi connectivity index (χ0n) is 11.4. The van der Waals surface area contributed by atoms with Gasteiger partial charge in [-0.05, 0) is 35.2 Å². The fraction of sp³-hybridized carbons (Fsp3) is 0.692. The highest BCUT2D eigenvalue weighted by atomic mass is 79.9. The average molecular weight is 317 g/mol. The summed E-state index contributed by atoms with van der Waals surface area (Å²) in [7, 11) is 0. The van der Waals surface area contributed by atoms with Gasteiger partial charge in [0.1, 0.15) is 16.4 Å². The van der Waals surface area contributed by atoms with Crippen molar-refractivity contribution in [1.29, 1.82) is 0 Å². The summed E-state index contributed by atoms with van der Waals surface area (Å²) in [6, 6.07) is 0. The van der Waals surface area contributed by atoms with Crippen molar-refractivity contribution < 1.29 is 4.74 Å². The molecule has 102 valence electrons. The van der Waals surface area contributed by atoms with Crippen LogP contribution in [-0.2, 0) is 4.74 Å². The number of rotatable bonds is 6. The molecule has 0 fully saturated rings. The van der Waals surface area contributed by atoms with Crippen molar-refractivity contribution >= 4 is 15.9 Å². The van der Waals surface area contributed by atoms with Gasteiger partial charge in [-0.25, -0.2) is 4.98 Å². The zero-order valence-corrected chi connectivity index (χ0v) is 13.0. The Hall–Kier alpha value is -0.680. The molecule has 1 aromatic heterocycles. The summed E-state index contributed by atoms with van der Waals surface area (Å²) in [6.45, 7) is 8.69. The predicted molar refractivity (Wildman–Crippen MR) is 75.9 cm³/mol. The van der Waals surface area contributed by atoms with Crippen LogP contribution < -0.4 is 5.56 Å². The second kappa shape index (κ2) is 7.04. The number of aromatic amines is 1. The number of nitrogens with zero attached hydrogens (tertiary/aromatic N) is 1. The highest BCUT2D eigenvalue weighted by Gasteiger charge is 2.18. The number of hydrogen-bond acceptors (Lipinski definition) is 3. The van der Waals surface area contributed by atoms with Gasteiger partial charge < -0.3 is 9.72 Å². The molecule has 4 nitrogen and oxygen atoms in total. The van der Waals surface area contributed by atoms with Gasteiger partial charge in [-0.2, -0.15) is 0 Å². The maximum absolute atomic E-state index is 11.9. The lowest BCUT2D eigenvalue weighted by molar-refractivity contribution is 0.0489. The first-order valence-corrected chi connectivity index (χ1v) is 7.21. The van der Waals surface area contributed by atoms with E-state index in [-0.39, 0.29) is 17.6 Å². The molecule has 0 aliphatic carbocycles. The Morgan fingerprint density at radius 3 is 2.56 bits per heavy atom. The molecule has 0 saturated heterocycles. The molecule has 1 unspecified atom stereocenters. The monoisotopic (exact) mass is 316 g/mol. The maximum atomic E-state index is 11.9. The van der Waals surface area contributed by atoms with E-state index < -0.39 is 0 Å². The summed E-state index contributed by atoms with van der Waals surface area (Å²) in [6.07, 6.45) is 1.72. The van der Waals surface area contributed by atoms with E-state index in [1.165, 1.54) is 0 Å². The van der Waals surface area contributed by atoms with Crippen molar-refractivity contribution in [2.24, 2.45) is 0 Å². The van der Waals surface area contributed by atoms with Gasteiger partial charge >= 0.3 is 0 Å². The topological polar surface area (TPSA) is 55.0 Å². The Morgan fingerprint density at radius 2 is 2.06 bits per heavy atom. The molecule has 1 heterocycles. The molecule has 1 atom stereocenters. The lowest BCUT2D eigenvalue weighted by Crippen LogP contribution is -2.20. The molecule has 5 heteroatoms. The molecule has 0 amide bonds. The molecule has 1 rings (SSSR count). The Labute approximate surface area is 116 Å². The lowest BCUT2D eigenvalue weighted by atomic mass is 10.1. The van der Waals surface area contributed by atoms with E-state index in [0.717, 1.165) is 18.5 Å². The molecule has 0 radical (unpaired) electrons. The smallest absolute Gasteiger partial charge is 0.265 e. The van der Waals surface area contributed by atoms with Gasteiger partial charge in [0, 0.05) is 6.61 Å². The summed E-state index contributed by atoms with van der Waals surface area (Å²) >= 11 is 3.29. The van der Waals surface area contributed by atoms with Gasteiger partial charge in [-0.3, -0.25) is 4.79 Å². The fourth-order valence-corrected chi connectivity index (χ4v) is 2.44. The Balaban J connectivity index is 3.19. The van der Waals surface area contributed by atoms with Gasteiger partial charge in [0.05, 0.1) is 5.69 Å². The standard InChI is InChI=1S/C13H21BrN2O2/c1-5-7-9(18-6-2)12-15-11(8(3)4)10(14)13(17)16-12/h8-9H,5-7H2,1-4H3,(H,15,16,17). The van der Waals surface area contributed by atoms with Gasteiger partial charge in [0.2, 0.25) is 0 Å². The number of hydrogen-bond donors (Lipinski definition) is 1. The van der Waals surface area contributed by atoms with Crippen LogP contribution >= 0.6 is 15.9 Å². The van der Waals surface area contributed by atoms with Gasteiger partial charge in [0.15, 0.2) is 0 Å². The van der Waals surface area contributed by atoms with Crippen LogP contribution in [0.15, 0.2) is 9.27 Å². The fourth-order valence-electron chi connectivity index (χ4n) is 1.79. The Kier molecular flexibility index (Phi) is 6.02. The molecular weight excluding hydrogens is 296 g/mol. The predicted octanol–water partition coefficient (Wildman–Crippen LogP) is 3.53. The Bertz CT molecular complexity index is 437. The van der Waals surface area contributed by atoms with E-state index in [4.69, 9.17) is 4.74 Å². The molecule has 18 heavy (non-hydrogen) atoms. The molecule has 0 aromatic carbocycles. The molecule has 1 aromatic rings. The van der Waals surface area contributed by atoms with Crippen LogP contribution in [0.2, 0.25) is 0 Å². The van der Waals surface area contributed by atoms with Crippen LogP contribution in [0.1, 0.15) is 64.1 Å². The van der Waals surface area contributed by atoms with Crippen LogP contribution in [0, 0.1) is 0 Å². The van der Waals surface area contributed by atoms with Gasteiger partial charge in [-0.15, -0.1) is 0 Å². The summed E-state index contributed by atoms with van der Waals surface area (Å²) in [5.41, 5.74) is 0.652. The summed E-state index contributed by atoms with van der Waals surface area (Å²) in [4.78, 5) is 19.2. The van der Waals surface area contributed by atoms with Crippen LogP contribution in [0.3, 0.4) is 0 Å². The van der Waals surface area contributed by atoms with E-state index in [0.29, 0.717) is 16.9 Å². The highest BCUT2D eigenvalue weighted by Crippen LogP contribution is 2.23. The second-order valence-corrected chi connectivity index (χ2v) is 5.33. The van der Waals surface area contributed by atoms with Crippen molar-refractivity contribution in [3.05, 3.63) is 26.3 Å². The first-order chi connectivity index (χ1) is 8.51. The van der Waals surface area contributed by atoms with Gasteiger partial charge in [-0.1, -0.05) is 27.2 Å². The third-order valence-electron chi connectivity index (χ3n) is 2.68. The maximum Gasteiger partial charge on any atom is 0.265 e. The van der Waals surface area contributed by atoms with E-state index in [2.05, 4.69) is 32.8 Å². The SMILES string of the molecule is CCCC(OCC)c1nc(C(C)C)c(Br)c(=O)[nH]1. The van der Waals surface area contributed by atoms with Crippen molar-refractivity contribution in [2.45, 2.75) is 52.6 Å². The van der Waals surface area contributed by atoms with E-state index in [9.17, 15) is 4.79 Å². The molecule has 0 aliphatic heterocycles. The lowest BCUT2D eigenvalue weighted by Gasteiger charge is -2.17. The minimum Gasteiger partial charge on any atom is -0.371 e. The summed E-state index contributed by atoms with van der Waals surface area (Å²) in [5.74, 6) is 0.833. The normalized spacial score (nSPS) is 13.0. The zero-order chi connectivity index (χ0) is 13.7. The van der Waals surface area contributed by atoms with Crippen LogP contribution in [0.25, 0.3) is 0 Å². The second-order valence-electron chi connectivity index (χ2n) is 4.54. The first kappa shape index (κ1) is 15.4. The minimum absolute atomic E-state index is 0.127. The number of nitrogens with one attached hydrogen (secondary N) is 1. The summed E-state index contributed by atoms with van der Waals surface area (Å²) < 4.78 is 6.17. The number of aromatic nitrogens is 2. The molecule has 1 N–H and O–H groups in total. The third kappa shape index (κ3) is 3.65. The molecule has 0 bridgehead atoms. The van der Waals surface area contributed by atoms with Crippen molar-refractivity contribution in [3.8, 4) is 0 Å². The largest absolute Gasteiger partial charge is 0.371 e. The van der Waals surface area contributed by atoms with Gasteiger partial charge in [0.25, 0.3) is 5.56 Å².